The summed E-state index contributed by atoms with van der Waals surface area (Å²) in [5.74, 6) is 9.66. The van der Waals surface area contributed by atoms with Gasteiger partial charge < -0.3 is 5.11 Å². The van der Waals surface area contributed by atoms with E-state index < -0.39 is 85.5 Å². The number of aryl methyl sites for hydroxylation is 3. The van der Waals surface area contributed by atoms with Crippen molar-refractivity contribution in [2.75, 3.05) is 36.0 Å². The molecule has 9 heterocycles. The van der Waals surface area contributed by atoms with Gasteiger partial charge in [0.25, 0.3) is 17.8 Å². The summed E-state index contributed by atoms with van der Waals surface area (Å²) in [7, 11) is -6.46. The Kier molecular flexibility index (Phi) is 19.9. The lowest BCUT2D eigenvalue weighted by Gasteiger charge is -2.37. The number of halogens is 8. The third kappa shape index (κ3) is 13.7. The van der Waals surface area contributed by atoms with Gasteiger partial charge in [0, 0.05) is 91.0 Å². The molecule has 3 aromatic carbocycles. The quantitative estimate of drug-likeness (QED) is 0.0474. The molecular weight excluding hydrogens is 1610 g/mol. The SMILES string of the molecule is C=S(C)(=O)CCc1ncn(-c2nccc([C@@]34CC[C@@H](c5cc(-c6c(F)cc(Cl)cc6F)nnc53)C4(C)C)n2)n1.C=S(C)(=O)CCc1ncn(-c2nccc([C@@]34CC[C@@H](c5cc(-c6c(F)cc(O)cc6F)nnc53)C4(C)C)n2)n1.C=S(C)(=O)CCc1ncn(-c2nccc([C@@]34CC[C@@H](c5cc(-c6c(F)ccc(Cl)c6F)nnc53)C4(C)C)n2)n1. The van der Waals surface area contributed by atoms with E-state index in [1.165, 1.54) is 32.8 Å². The third-order valence-corrected chi connectivity index (χ3v) is 28.5. The number of phenolic OH excluding ortho intramolecular Hbond substituents is 1. The molecule has 6 aliphatic rings. The van der Waals surface area contributed by atoms with Crippen LogP contribution in [-0.2, 0) is 64.1 Å². The highest BCUT2D eigenvalue weighted by molar-refractivity contribution is 8.00. The molecule has 36 heteroatoms. The van der Waals surface area contributed by atoms with E-state index in [2.05, 4.69) is 135 Å². The van der Waals surface area contributed by atoms with Crippen molar-refractivity contribution in [2.45, 2.75) is 133 Å². The van der Waals surface area contributed by atoms with Crippen LogP contribution in [0, 0.1) is 51.1 Å². The van der Waals surface area contributed by atoms with E-state index in [4.69, 9.17) is 38.2 Å². The van der Waals surface area contributed by atoms with Gasteiger partial charge in [-0.2, -0.15) is 29.3 Å². The summed E-state index contributed by atoms with van der Waals surface area (Å²) in [5, 5.41) is 49.3. The van der Waals surface area contributed by atoms with Crippen LogP contribution in [-0.4, -0.2) is 176 Å². The summed E-state index contributed by atoms with van der Waals surface area (Å²) in [5.41, 5.74) is 4.12. The largest absolute Gasteiger partial charge is 0.508 e. The Labute approximate surface area is 680 Å². The van der Waals surface area contributed by atoms with Gasteiger partial charge in [-0.15, -0.1) is 30.6 Å². The maximum atomic E-state index is 14.8. The molecule has 3 unspecified atom stereocenters. The highest BCUT2D eigenvalue weighted by Gasteiger charge is 2.68. The highest BCUT2D eigenvalue weighted by Crippen LogP contribution is 2.72. The zero-order valence-corrected chi connectivity index (χ0v) is 69.0. The number of hydrogen-bond donors (Lipinski definition) is 1. The van der Waals surface area contributed by atoms with Crippen LogP contribution in [0.25, 0.3) is 51.6 Å². The zero-order valence-electron chi connectivity index (χ0n) is 65.0. The van der Waals surface area contributed by atoms with Crippen LogP contribution in [0.5, 0.6) is 5.75 Å². The number of fused-ring (bicyclic) bond motifs is 15. The second-order valence-corrected chi connectivity index (χ2v) is 42.1. The molecule has 6 aliphatic carbocycles. The van der Waals surface area contributed by atoms with Crippen molar-refractivity contribution in [3.63, 3.8) is 0 Å². The fourth-order valence-electron chi connectivity index (χ4n) is 18.9. The van der Waals surface area contributed by atoms with E-state index in [-0.39, 0.29) is 77.8 Å². The number of benzene rings is 3. The van der Waals surface area contributed by atoms with E-state index in [0.29, 0.717) is 71.8 Å². The molecule has 606 valence electrons. The van der Waals surface area contributed by atoms with Crippen LogP contribution in [0.2, 0.25) is 10.0 Å². The van der Waals surface area contributed by atoms with Crippen LogP contribution in [0.3, 0.4) is 0 Å². The molecule has 3 fully saturated rings. The van der Waals surface area contributed by atoms with Gasteiger partial charge in [0.1, 0.15) is 53.8 Å². The predicted octanol–water partition coefficient (Wildman–Crippen LogP) is 12.7. The Morgan fingerprint density at radius 2 is 0.752 bits per heavy atom. The van der Waals surface area contributed by atoms with Crippen LogP contribution in [0.4, 0.5) is 26.3 Å². The normalized spacial score (nSPS) is 22.6. The smallest absolute Gasteiger partial charge is 0.252 e. The van der Waals surface area contributed by atoms with Gasteiger partial charge in [0.05, 0.1) is 89.2 Å². The summed E-state index contributed by atoms with van der Waals surface area (Å²) in [6.07, 6.45) is 20.7. The molecule has 0 aliphatic heterocycles. The van der Waals surface area contributed by atoms with Gasteiger partial charge in [-0.25, -0.2) is 71.2 Å². The van der Waals surface area contributed by atoms with E-state index in [9.17, 15) is 44.1 Å². The van der Waals surface area contributed by atoms with Gasteiger partial charge in [-0.05, 0) is 196 Å². The van der Waals surface area contributed by atoms with Crippen molar-refractivity contribution >= 4 is 69.4 Å². The molecule has 6 bridgehead atoms. The molecule has 0 spiro atoms. The van der Waals surface area contributed by atoms with Crippen molar-refractivity contribution in [2.24, 2.45) is 16.2 Å². The van der Waals surface area contributed by atoms with E-state index in [1.807, 2.05) is 18.2 Å². The predicted molar refractivity (Wildman–Crippen MR) is 434 cm³/mol. The molecule has 9 aromatic heterocycles. The number of phenols is 1. The summed E-state index contributed by atoms with van der Waals surface area (Å²) in [4.78, 5) is 40.9. The summed E-state index contributed by atoms with van der Waals surface area (Å²) >= 11 is 11.8. The molecule has 9 atom stereocenters. The minimum Gasteiger partial charge on any atom is -0.508 e. The Morgan fingerprint density at radius 3 is 1.08 bits per heavy atom. The molecule has 1 N–H and O–H groups in total. The Morgan fingerprint density at radius 1 is 0.436 bits per heavy atom. The first-order chi connectivity index (χ1) is 55.2. The molecular formula is C81H79Cl2F6N21O4S3. The highest BCUT2D eigenvalue weighted by atomic mass is 35.5. The first-order valence-corrected chi connectivity index (χ1v) is 45.1. The van der Waals surface area contributed by atoms with E-state index >= 15 is 0 Å². The Bertz CT molecular complexity index is 6130. The minimum atomic E-state index is -2.16. The maximum Gasteiger partial charge on any atom is 0.252 e. The fraction of sp³-hybridized carbons (Fsp3) is 0.370. The van der Waals surface area contributed by atoms with E-state index in [1.54, 1.807) is 61.9 Å². The monoisotopic (exact) mass is 1690 g/mol. The molecule has 0 saturated heterocycles. The van der Waals surface area contributed by atoms with Crippen molar-refractivity contribution < 1.29 is 44.1 Å². The number of aromatic hydroxyl groups is 1. The average molecular weight is 1690 g/mol. The second kappa shape index (κ2) is 29.0. The minimum absolute atomic E-state index is 0.0200. The lowest BCUT2D eigenvalue weighted by Crippen LogP contribution is -2.38. The molecule has 0 radical (unpaired) electrons. The lowest BCUT2D eigenvalue weighted by atomic mass is 9.66. The Hall–Kier alpha value is -10.4. The van der Waals surface area contributed by atoms with Crippen molar-refractivity contribution in [3.05, 3.63) is 224 Å². The molecule has 0 amide bonds. The van der Waals surface area contributed by atoms with E-state index in [0.717, 1.165) is 120 Å². The average Bonchev–Trinajstić information content (AvgIpc) is 1.53. The first kappa shape index (κ1) is 80.4. The van der Waals surface area contributed by atoms with Gasteiger partial charge >= 0.3 is 0 Å². The van der Waals surface area contributed by atoms with Crippen LogP contribution in [0.15, 0.2) is 110 Å². The standard InChI is InChI=1S/2C27H26ClF2N7OS.C27H27F2N7O2S/c1-26(2)17-5-8-27(26,24-16(17)13-20(34-35-24)23-18(29)11-15(28)12-19(23)30)21-6-9-31-25(33-21)37-14-32-22(36-37)7-10-39(3,4)38;1-26(2)16-7-10-27(26,24-15(16)13-19(34-35-24)22-18(29)6-5-17(28)23(22)30)20-8-11-31-25(33-20)37-14-32-21(36-37)9-12-39(3,4)38;1-26(2)17-5-8-27(26,24-16(17)13-20(33-34-24)23-18(28)11-15(37)12-19(23)29)21-6-9-30-25(32-21)36-14-31-22(35-36)7-10-39(3,4)38/h6,9,11-14,17H,3,5,7-8,10H2,1-2,4H3;5-6,8,11,13-14,16H,3,7,9-10,12H2,1-2,4H3;6,9,11-14,17,37H,3,5,7-8,10H2,1-2,4H3/t17-,27-,39?;16-,27-,39?;17-,27-,39?/m000/s1. The molecule has 25 nitrogen and oxygen atoms in total. The number of aromatic nitrogens is 21. The number of hydrogen-bond acceptors (Lipinski definition) is 22. The van der Waals surface area contributed by atoms with Crippen molar-refractivity contribution in [3.8, 4) is 57.4 Å². The van der Waals surface area contributed by atoms with Crippen molar-refractivity contribution in [1.29, 1.82) is 0 Å². The molecule has 18 rings (SSSR count). The fourth-order valence-corrected chi connectivity index (χ4v) is 21.1. The summed E-state index contributed by atoms with van der Waals surface area (Å²) in [6.45, 7) is 13.0. The van der Waals surface area contributed by atoms with Gasteiger partial charge in [0.2, 0.25) is 0 Å². The van der Waals surface area contributed by atoms with Crippen molar-refractivity contribution in [1.82, 2.24) is 105 Å². The van der Waals surface area contributed by atoms with Gasteiger partial charge in [0.15, 0.2) is 23.3 Å². The van der Waals surface area contributed by atoms with Gasteiger partial charge in [-0.3, -0.25) is 12.6 Å². The molecule has 3 saturated carbocycles. The van der Waals surface area contributed by atoms with Crippen LogP contribution in [0.1, 0.15) is 166 Å². The number of rotatable bonds is 18. The number of nitrogens with zero attached hydrogens (tertiary/aromatic N) is 21. The van der Waals surface area contributed by atoms with Gasteiger partial charge in [-0.1, -0.05) is 64.7 Å². The zero-order chi connectivity index (χ0) is 83.2. The summed E-state index contributed by atoms with van der Waals surface area (Å²) in [6, 6.07) is 17.0. The Balaban J connectivity index is 0.000000131. The molecule has 12 aromatic rings. The first-order valence-electron chi connectivity index (χ1n) is 37.5. The van der Waals surface area contributed by atoms with Crippen LogP contribution >= 0.6 is 23.2 Å². The summed E-state index contributed by atoms with van der Waals surface area (Å²) < 4.78 is 128. The second-order valence-electron chi connectivity index (χ2n) is 33.0. The molecule has 117 heavy (non-hydrogen) atoms. The lowest BCUT2D eigenvalue weighted by molar-refractivity contribution is 0.242. The third-order valence-electron chi connectivity index (χ3n) is 24.7. The van der Waals surface area contributed by atoms with Crippen LogP contribution < -0.4 is 0 Å². The maximum absolute atomic E-state index is 14.8. The topological polar surface area (TPSA) is 318 Å².